The average Bonchev–Trinajstić information content (AvgIpc) is 3.38. The number of aryl methyl sites for hydroxylation is 1. The number of fused-ring (bicyclic) bond motifs is 2. The van der Waals surface area contributed by atoms with E-state index in [0.29, 0.717) is 11.5 Å². The summed E-state index contributed by atoms with van der Waals surface area (Å²) in [7, 11) is 0. The van der Waals surface area contributed by atoms with Crippen LogP contribution in [0.15, 0.2) is 40.4 Å². The molecule has 2 aliphatic rings. The molecule has 3 aromatic rings. The Kier molecular flexibility index (Phi) is 3.94. The molecule has 28 heavy (non-hydrogen) atoms. The number of aromatic nitrogens is 3. The van der Waals surface area contributed by atoms with E-state index in [1.807, 2.05) is 36.6 Å². The molecule has 1 unspecified atom stereocenters. The molecule has 1 saturated carbocycles. The van der Waals surface area contributed by atoms with Gasteiger partial charge in [-0.25, -0.2) is 9.98 Å². The number of H-pyrrole nitrogens is 1. The first kappa shape index (κ1) is 17.3. The number of imidazole rings is 1. The molecule has 0 amide bonds. The molecule has 3 heterocycles. The summed E-state index contributed by atoms with van der Waals surface area (Å²) in [6.45, 7) is 4.03. The van der Waals surface area contributed by atoms with Crippen LogP contribution in [0.1, 0.15) is 48.8 Å². The molecule has 1 fully saturated rings. The van der Waals surface area contributed by atoms with E-state index in [0.717, 1.165) is 40.7 Å². The number of aromatic amines is 1. The highest BCUT2D eigenvalue weighted by Gasteiger charge is 2.30. The monoisotopic (exact) mass is 396 g/mol. The number of nitrogens with zero attached hydrogens (tertiary/aromatic N) is 3. The lowest BCUT2D eigenvalue weighted by molar-refractivity contribution is 0.587. The third-order valence-electron chi connectivity index (χ3n) is 5.40. The van der Waals surface area contributed by atoms with E-state index in [2.05, 4.69) is 31.7 Å². The third kappa shape index (κ3) is 2.77. The SMILES string of the molecule is Cc1cccc2cc([C@H](C)NC3=NC(Cl)Nc4[nH]cnc43)n(C3CC3)c(=O)c12. The van der Waals surface area contributed by atoms with E-state index in [1.165, 1.54) is 0 Å². The molecule has 1 aliphatic heterocycles. The first-order valence-electron chi connectivity index (χ1n) is 9.46. The van der Waals surface area contributed by atoms with Gasteiger partial charge in [0.15, 0.2) is 11.5 Å². The fourth-order valence-electron chi connectivity index (χ4n) is 3.91. The lowest BCUT2D eigenvalue weighted by Gasteiger charge is -2.24. The topological polar surface area (TPSA) is 87.1 Å². The van der Waals surface area contributed by atoms with Crippen LogP contribution in [0.4, 0.5) is 5.82 Å². The van der Waals surface area contributed by atoms with Crippen LogP contribution in [0, 0.1) is 6.92 Å². The summed E-state index contributed by atoms with van der Waals surface area (Å²) >= 11 is 6.20. The Morgan fingerprint density at radius 2 is 2.18 bits per heavy atom. The van der Waals surface area contributed by atoms with Crippen molar-refractivity contribution in [3.63, 3.8) is 0 Å². The molecular weight excluding hydrogens is 376 g/mol. The van der Waals surface area contributed by atoms with Gasteiger partial charge in [-0.15, -0.1) is 0 Å². The summed E-state index contributed by atoms with van der Waals surface area (Å²) in [4.78, 5) is 25.1. The summed E-state index contributed by atoms with van der Waals surface area (Å²) in [6, 6.07) is 8.23. The first-order chi connectivity index (χ1) is 13.5. The van der Waals surface area contributed by atoms with Crippen molar-refractivity contribution in [3.05, 3.63) is 57.9 Å². The van der Waals surface area contributed by atoms with Crippen molar-refractivity contribution < 1.29 is 0 Å². The van der Waals surface area contributed by atoms with Crippen LogP contribution in [-0.4, -0.2) is 26.0 Å². The number of hydrogen-bond acceptors (Lipinski definition) is 5. The predicted molar refractivity (Wildman–Crippen MR) is 111 cm³/mol. The number of anilines is 1. The van der Waals surface area contributed by atoms with Gasteiger partial charge in [-0.2, -0.15) is 0 Å². The lowest BCUT2D eigenvalue weighted by Crippen LogP contribution is -2.36. The van der Waals surface area contributed by atoms with Gasteiger partial charge in [0.2, 0.25) is 0 Å². The maximum atomic E-state index is 13.3. The van der Waals surface area contributed by atoms with Gasteiger partial charge in [0.1, 0.15) is 11.5 Å². The van der Waals surface area contributed by atoms with Crippen LogP contribution in [-0.2, 0) is 0 Å². The molecule has 0 radical (unpaired) electrons. The maximum Gasteiger partial charge on any atom is 0.259 e. The molecule has 1 aliphatic carbocycles. The second-order valence-electron chi connectivity index (χ2n) is 7.46. The van der Waals surface area contributed by atoms with Gasteiger partial charge in [-0.05, 0) is 43.7 Å². The average molecular weight is 397 g/mol. The Labute approximate surface area is 166 Å². The van der Waals surface area contributed by atoms with Gasteiger partial charge in [-0.3, -0.25) is 4.79 Å². The highest BCUT2D eigenvalue weighted by Crippen LogP contribution is 2.37. The highest BCUT2D eigenvalue weighted by atomic mass is 35.5. The number of nitrogens with one attached hydrogen (secondary N) is 3. The zero-order chi connectivity index (χ0) is 19.4. The fraction of sp³-hybridized carbons (Fsp3) is 0.350. The summed E-state index contributed by atoms with van der Waals surface area (Å²) in [5.74, 6) is 1.35. The fourth-order valence-corrected chi connectivity index (χ4v) is 4.11. The molecule has 5 rings (SSSR count). The van der Waals surface area contributed by atoms with Crippen molar-refractivity contribution in [2.45, 2.75) is 44.4 Å². The van der Waals surface area contributed by atoms with Crippen LogP contribution in [0.25, 0.3) is 10.8 Å². The van der Waals surface area contributed by atoms with Crippen LogP contribution in [0.5, 0.6) is 0 Å². The Morgan fingerprint density at radius 3 is 2.96 bits per heavy atom. The van der Waals surface area contributed by atoms with Crippen LogP contribution in [0.3, 0.4) is 0 Å². The van der Waals surface area contributed by atoms with E-state index in [4.69, 9.17) is 11.6 Å². The normalized spacial score (nSPS) is 19.7. The number of rotatable bonds is 3. The van der Waals surface area contributed by atoms with E-state index < -0.39 is 5.62 Å². The smallest absolute Gasteiger partial charge is 0.259 e. The molecular formula is C20H21ClN6O. The second kappa shape index (κ2) is 6.38. The van der Waals surface area contributed by atoms with Gasteiger partial charge < -0.3 is 20.2 Å². The van der Waals surface area contributed by atoms with Gasteiger partial charge in [-0.1, -0.05) is 29.8 Å². The quantitative estimate of drug-likeness (QED) is 0.467. The van der Waals surface area contributed by atoms with Crippen molar-refractivity contribution in [3.8, 4) is 0 Å². The minimum absolute atomic E-state index is 0.0877. The van der Waals surface area contributed by atoms with Crippen molar-refractivity contribution in [2.75, 3.05) is 5.32 Å². The zero-order valence-corrected chi connectivity index (χ0v) is 16.4. The number of aliphatic imine (C=N–C) groups is 1. The molecule has 2 aromatic heterocycles. The summed E-state index contributed by atoms with van der Waals surface area (Å²) in [5.41, 5.74) is 2.17. The molecule has 3 N–H and O–H groups in total. The Bertz CT molecular complexity index is 1160. The first-order valence-corrected chi connectivity index (χ1v) is 9.90. The van der Waals surface area contributed by atoms with Crippen molar-refractivity contribution >= 4 is 34.0 Å². The zero-order valence-electron chi connectivity index (χ0n) is 15.7. The van der Waals surface area contributed by atoms with E-state index in [1.54, 1.807) is 6.33 Å². The number of halogens is 1. The number of hydrogen-bond donors (Lipinski definition) is 3. The standard InChI is InChI=1S/C20H21ClN6O/c1-10-4-3-5-12-8-14(27(13-6-7-13)19(28)15(10)12)11(2)24-18-16-17(23-9-22-16)25-20(21)26-18/h3-5,8-9,11,13,20,25H,6-7H2,1-2H3,(H,22,23)(H,24,26)/t11-,20?/m0/s1. The Morgan fingerprint density at radius 1 is 1.36 bits per heavy atom. The second-order valence-corrected chi connectivity index (χ2v) is 7.88. The van der Waals surface area contributed by atoms with Gasteiger partial charge >= 0.3 is 0 Å². The lowest BCUT2D eigenvalue weighted by atomic mass is 10.0. The number of benzene rings is 1. The van der Waals surface area contributed by atoms with Gasteiger partial charge in [0.25, 0.3) is 5.56 Å². The third-order valence-corrected chi connectivity index (χ3v) is 5.60. The molecule has 0 bridgehead atoms. The van der Waals surface area contributed by atoms with E-state index in [9.17, 15) is 4.79 Å². The molecule has 7 nitrogen and oxygen atoms in total. The highest BCUT2D eigenvalue weighted by molar-refractivity contribution is 6.23. The summed E-state index contributed by atoms with van der Waals surface area (Å²) in [6.07, 6.45) is 3.68. The van der Waals surface area contributed by atoms with Crippen molar-refractivity contribution in [2.24, 2.45) is 4.99 Å². The molecule has 0 saturated heterocycles. The molecule has 144 valence electrons. The van der Waals surface area contributed by atoms with Crippen LogP contribution in [0.2, 0.25) is 0 Å². The van der Waals surface area contributed by atoms with E-state index in [-0.39, 0.29) is 17.6 Å². The van der Waals surface area contributed by atoms with Gasteiger partial charge in [0.05, 0.1) is 17.8 Å². The number of pyridine rings is 1. The minimum atomic E-state index is -0.576. The minimum Gasteiger partial charge on any atom is -0.360 e. The van der Waals surface area contributed by atoms with Crippen LogP contribution < -0.4 is 16.2 Å². The maximum absolute atomic E-state index is 13.3. The Hall–Kier alpha value is -2.80. The largest absolute Gasteiger partial charge is 0.360 e. The van der Waals surface area contributed by atoms with E-state index >= 15 is 0 Å². The van der Waals surface area contributed by atoms with Gasteiger partial charge in [0, 0.05) is 11.7 Å². The number of alkyl halides is 1. The van der Waals surface area contributed by atoms with Crippen molar-refractivity contribution in [1.82, 2.24) is 19.9 Å². The predicted octanol–water partition coefficient (Wildman–Crippen LogP) is 3.41. The summed E-state index contributed by atoms with van der Waals surface area (Å²) in [5, 5.41) is 8.22. The number of amidine groups is 1. The molecule has 1 aromatic carbocycles. The Balaban J connectivity index is 1.59. The van der Waals surface area contributed by atoms with Crippen LogP contribution >= 0.6 is 11.6 Å². The summed E-state index contributed by atoms with van der Waals surface area (Å²) < 4.78 is 1.96. The van der Waals surface area contributed by atoms with Crippen molar-refractivity contribution in [1.29, 1.82) is 0 Å². The molecule has 2 atom stereocenters. The molecule has 8 heteroatoms. The molecule has 0 spiro atoms.